The van der Waals surface area contributed by atoms with Gasteiger partial charge >= 0.3 is 10.4 Å². The third-order valence-corrected chi connectivity index (χ3v) is 4.72. The van der Waals surface area contributed by atoms with Crippen molar-refractivity contribution in [3.8, 4) is 28.7 Å². The van der Waals surface area contributed by atoms with E-state index >= 15 is 0 Å². The molecule has 0 fully saturated rings. The van der Waals surface area contributed by atoms with Crippen LogP contribution in [-0.2, 0) is 16.8 Å². The predicted molar refractivity (Wildman–Crippen MR) is 97.8 cm³/mol. The van der Waals surface area contributed by atoms with Crippen LogP contribution in [0.15, 0.2) is 30.3 Å². The summed E-state index contributed by atoms with van der Waals surface area (Å²) in [7, 11) is -0.352. The van der Waals surface area contributed by atoms with Gasteiger partial charge in [-0.2, -0.15) is 8.42 Å². The lowest BCUT2D eigenvalue weighted by Gasteiger charge is -2.32. The molecule has 0 amide bonds. The van der Waals surface area contributed by atoms with E-state index in [0.717, 1.165) is 0 Å². The standard InChI is InChI=1S/C18H20O9S/c1-23-11-7-15-12(16(8-11)27-28(20,21)22)9-13(19)18(26-15)10-4-5-14(24-2)17(6-10)25-3/h4-8,13,18-19H,9H2,1-3H3,(H,20,21,22)/t13-,18-/m1/s1. The molecule has 1 heterocycles. The average molecular weight is 412 g/mol. The van der Waals surface area contributed by atoms with Crippen LogP contribution in [0.3, 0.4) is 0 Å². The Hall–Kier alpha value is -2.69. The molecule has 0 spiro atoms. The van der Waals surface area contributed by atoms with E-state index in [9.17, 15) is 13.5 Å². The normalized spacial score (nSPS) is 18.6. The maximum absolute atomic E-state index is 11.1. The van der Waals surface area contributed by atoms with Crippen molar-refractivity contribution in [2.75, 3.05) is 21.3 Å². The molecule has 0 radical (unpaired) electrons. The molecule has 152 valence electrons. The molecule has 0 saturated carbocycles. The van der Waals surface area contributed by atoms with Crippen molar-refractivity contribution in [2.45, 2.75) is 18.6 Å². The molecule has 28 heavy (non-hydrogen) atoms. The number of fused-ring (bicyclic) bond motifs is 1. The van der Waals surface area contributed by atoms with Gasteiger partial charge in [0.15, 0.2) is 17.2 Å². The minimum atomic E-state index is -4.76. The fourth-order valence-corrected chi connectivity index (χ4v) is 3.43. The molecule has 1 aliphatic heterocycles. The average Bonchev–Trinajstić information content (AvgIpc) is 2.66. The summed E-state index contributed by atoms with van der Waals surface area (Å²) in [6.07, 6.45) is -1.73. The van der Waals surface area contributed by atoms with Gasteiger partial charge < -0.3 is 28.2 Å². The first-order chi connectivity index (χ1) is 13.3. The van der Waals surface area contributed by atoms with Crippen LogP contribution >= 0.6 is 0 Å². The summed E-state index contributed by atoms with van der Waals surface area (Å²) in [5, 5.41) is 10.6. The zero-order chi connectivity index (χ0) is 20.5. The highest BCUT2D eigenvalue weighted by molar-refractivity contribution is 7.81. The van der Waals surface area contributed by atoms with Crippen LogP contribution in [0.4, 0.5) is 0 Å². The van der Waals surface area contributed by atoms with Crippen molar-refractivity contribution in [1.82, 2.24) is 0 Å². The lowest BCUT2D eigenvalue weighted by molar-refractivity contribution is 0.0199. The number of benzene rings is 2. The van der Waals surface area contributed by atoms with Gasteiger partial charge in [0.25, 0.3) is 0 Å². The summed E-state index contributed by atoms with van der Waals surface area (Å²) in [4.78, 5) is 0. The molecule has 0 aliphatic carbocycles. The van der Waals surface area contributed by atoms with Gasteiger partial charge in [0.2, 0.25) is 0 Å². The molecule has 0 unspecified atom stereocenters. The van der Waals surface area contributed by atoms with Crippen LogP contribution < -0.4 is 23.1 Å². The third-order valence-electron chi connectivity index (χ3n) is 4.33. The maximum atomic E-state index is 11.1. The van der Waals surface area contributed by atoms with Crippen LogP contribution in [-0.4, -0.2) is 45.5 Å². The summed E-state index contributed by atoms with van der Waals surface area (Å²) in [6, 6.07) is 7.95. The molecule has 2 atom stereocenters. The highest BCUT2D eigenvalue weighted by atomic mass is 32.3. The Morgan fingerprint density at radius 3 is 2.32 bits per heavy atom. The van der Waals surface area contributed by atoms with E-state index in [2.05, 4.69) is 4.18 Å². The second kappa shape index (κ2) is 7.74. The van der Waals surface area contributed by atoms with Crippen molar-refractivity contribution in [3.63, 3.8) is 0 Å². The summed E-state index contributed by atoms with van der Waals surface area (Å²) in [6.45, 7) is 0. The van der Waals surface area contributed by atoms with E-state index in [1.165, 1.54) is 27.4 Å². The lowest BCUT2D eigenvalue weighted by Crippen LogP contribution is -2.31. The lowest BCUT2D eigenvalue weighted by atomic mass is 9.94. The van der Waals surface area contributed by atoms with E-state index < -0.39 is 22.6 Å². The molecule has 3 rings (SSSR count). The van der Waals surface area contributed by atoms with Gasteiger partial charge in [-0.05, 0) is 17.7 Å². The third kappa shape index (κ3) is 4.08. The predicted octanol–water partition coefficient (Wildman–Crippen LogP) is 1.93. The van der Waals surface area contributed by atoms with Gasteiger partial charge in [0.1, 0.15) is 17.6 Å². The molecule has 0 saturated heterocycles. The largest absolute Gasteiger partial charge is 0.496 e. The number of rotatable bonds is 6. The van der Waals surface area contributed by atoms with Crippen LogP contribution in [0.25, 0.3) is 0 Å². The van der Waals surface area contributed by atoms with E-state index in [0.29, 0.717) is 22.6 Å². The Bertz CT molecular complexity index is 971. The number of aliphatic hydroxyl groups is 1. The van der Waals surface area contributed by atoms with Crippen LogP contribution in [0.2, 0.25) is 0 Å². The minimum absolute atomic E-state index is 0.0309. The van der Waals surface area contributed by atoms with Crippen molar-refractivity contribution >= 4 is 10.4 Å². The highest BCUT2D eigenvalue weighted by Gasteiger charge is 2.34. The van der Waals surface area contributed by atoms with Gasteiger partial charge in [-0.1, -0.05) is 6.07 Å². The van der Waals surface area contributed by atoms with Crippen molar-refractivity contribution in [1.29, 1.82) is 0 Å². The smallest absolute Gasteiger partial charge is 0.446 e. The SMILES string of the molecule is COc1cc2c(c(OS(=O)(=O)O)c1)C[C@@H](O)[C@@H](c1ccc(OC)c(OC)c1)O2. The Balaban J connectivity index is 2.01. The van der Waals surface area contributed by atoms with Gasteiger partial charge in [0.05, 0.1) is 27.4 Å². The molecule has 0 bridgehead atoms. The zero-order valence-electron chi connectivity index (χ0n) is 15.4. The number of methoxy groups -OCH3 is 3. The Morgan fingerprint density at radius 1 is 1.00 bits per heavy atom. The van der Waals surface area contributed by atoms with E-state index in [-0.39, 0.29) is 23.7 Å². The Kier molecular flexibility index (Phi) is 5.54. The topological polar surface area (TPSA) is 121 Å². The quantitative estimate of drug-likeness (QED) is 0.686. The maximum Gasteiger partial charge on any atom is 0.446 e. The summed E-state index contributed by atoms with van der Waals surface area (Å²) >= 11 is 0. The number of hydrogen-bond donors (Lipinski definition) is 2. The molecular formula is C18H20O9S. The zero-order valence-corrected chi connectivity index (χ0v) is 16.2. The summed E-state index contributed by atoms with van der Waals surface area (Å²) < 4.78 is 57.5. The second-order valence-corrected chi connectivity index (χ2v) is 7.06. The fraction of sp³-hybridized carbons (Fsp3) is 0.333. The van der Waals surface area contributed by atoms with E-state index in [1.54, 1.807) is 24.3 Å². The summed E-state index contributed by atoms with van der Waals surface area (Å²) in [5.74, 6) is 1.36. The van der Waals surface area contributed by atoms with Gasteiger partial charge in [0, 0.05) is 24.1 Å². The molecule has 2 N–H and O–H groups in total. The number of hydrogen-bond acceptors (Lipinski definition) is 8. The fourth-order valence-electron chi connectivity index (χ4n) is 3.06. The molecule has 2 aromatic carbocycles. The molecule has 0 aromatic heterocycles. The second-order valence-electron chi connectivity index (χ2n) is 6.04. The molecular weight excluding hydrogens is 392 g/mol. The van der Waals surface area contributed by atoms with Crippen molar-refractivity contribution in [2.24, 2.45) is 0 Å². The van der Waals surface area contributed by atoms with Crippen molar-refractivity contribution < 1.29 is 41.2 Å². The number of aliphatic hydroxyl groups excluding tert-OH is 1. The first-order valence-electron chi connectivity index (χ1n) is 8.20. The van der Waals surface area contributed by atoms with Crippen LogP contribution in [0.5, 0.6) is 28.7 Å². The van der Waals surface area contributed by atoms with Crippen LogP contribution in [0, 0.1) is 0 Å². The van der Waals surface area contributed by atoms with Gasteiger partial charge in [-0.15, -0.1) is 0 Å². The van der Waals surface area contributed by atoms with Crippen molar-refractivity contribution in [3.05, 3.63) is 41.5 Å². The monoisotopic (exact) mass is 412 g/mol. The Labute approximate surface area is 162 Å². The minimum Gasteiger partial charge on any atom is -0.496 e. The van der Waals surface area contributed by atoms with Crippen LogP contribution in [0.1, 0.15) is 17.2 Å². The highest BCUT2D eigenvalue weighted by Crippen LogP contribution is 2.44. The molecule has 10 heteroatoms. The van der Waals surface area contributed by atoms with Gasteiger partial charge in [-0.3, -0.25) is 4.55 Å². The first kappa shape index (κ1) is 20.1. The summed E-state index contributed by atoms with van der Waals surface area (Å²) in [5.41, 5.74) is 0.929. The molecule has 1 aliphatic rings. The van der Waals surface area contributed by atoms with E-state index in [1.807, 2.05) is 0 Å². The van der Waals surface area contributed by atoms with E-state index in [4.69, 9.17) is 23.5 Å². The number of ether oxygens (including phenoxy) is 4. The molecule has 2 aromatic rings. The Morgan fingerprint density at radius 2 is 1.71 bits per heavy atom. The van der Waals surface area contributed by atoms with Gasteiger partial charge in [-0.25, -0.2) is 0 Å². The first-order valence-corrected chi connectivity index (χ1v) is 9.56. The molecule has 9 nitrogen and oxygen atoms in total.